The largest absolute Gasteiger partial charge is 0.496 e. The highest BCUT2D eigenvalue weighted by atomic mass is 127. The summed E-state index contributed by atoms with van der Waals surface area (Å²) in [7, 11) is 5.36. The summed E-state index contributed by atoms with van der Waals surface area (Å²) in [4.78, 5) is 6.26. The third-order valence-corrected chi connectivity index (χ3v) is 3.64. The molecular weight excluding hydrogens is 475 g/mol. The number of aromatic nitrogens is 1. The van der Waals surface area contributed by atoms with E-state index in [1.165, 1.54) is 0 Å². The van der Waals surface area contributed by atoms with Gasteiger partial charge in [-0.2, -0.15) is 0 Å². The standard InChI is InChI=1S/C15H19BrN4O2.HI/c1-17-15(20(2)10-13-6-7-22-19-13)18-9-11-8-12(16)4-5-14(11)21-3;/h4-8H,9-10H2,1-3H3,(H,17,18);1H. The van der Waals surface area contributed by atoms with Gasteiger partial charge in [0.05, 0.1) is 13.7 Å². The second-order valence-corrected chi connectivity index (χ2v) is 5.62. The lowest BCUT2D eigenvalue weighted by molar-refractivity contribution is 0.390. The van der Waals surface area contributed by atoms with Crippen LogP contribution < -0.4 is 10.1 Å². The van der Waals surface area contributed by atoms with Gasteiger partial charge in [-0.25, -0.2) is 0 Å². The zero-order chi connectivity index (χ0) is 15.9. The van der Waals surface area contributed by atoms with Crippen LogP contribution >= 0.6 is 39.9 Å². The molecule has 0 atom stereocenters. The molecule has 1 aromatic heterocycles. The van der Waals surface area contributed by atoms with Crippen LogP contribution in [0.2, 0.25) is 0 Å². The van der Waals surface area contributed by atoms with Gasteiger partial charge in [-0.15, -0.1) is 24.0 Å². The molecule has 126 valence electrons. The van der Waals surface area contributed by atoms with E-state index >= 15 is 0 Å². The van der Waals surface area contributed by atoms with Crippen molar-refractivity contribution >= 4 is 45.9 Å². The van der Waals surface area contributed by atoms with Crippen molar-refractivity contribution in [3.8, 4) is 5.75 Å². The van der Waals surface area contributed by atoms with E-state index in [2.05, 4.69) is 31.4 Å². The van der Waals surface area contributed by atoms with Crippen LogP contribution in [0.3, 0.4) is 0 Å². The molecule has 0 aliphatic carbocycles. The third-order valence-electron chi connectivity index (χ3n) is 3.14. The van der Waals surface area contributed by atoms with Crippen molar-refractivity contribution in [1.29, 1.82) is 0 Å². The number of benzene rings is 1. The van der Waals surface area contributed by atoms with Crippen LogP contribution in [-0.2, 0) is 13.1 Å². The summed E-state index contributed by atoms with van der Waals surface area (Å²) < 4.78 is 11.2. The number of nitrogens with zero attached hydrogens (tertiary/aromatic N) is 3. The highest BCUT2D eigenvalue weighted by Gasteiger charge is 2.10. The van der Waals surface area contributed by atoms with Gasteiger partial charge in [-0.3, -0.25) is 4.99 Å². The number of hydrogen-bond acceptors (Lipinski definition) is 4. The molecule has 1 aromatic carbocycles. The Balaban J connectivity index is 0.00000264. The van der Waals surface area contributed by atoms with Crippen molar-refractivity contribution in [1.82, 2.24) is 15.4 Å². The number of nitrogens with one attached hydrogen (secondary N) is 1. The zero-order valence-electron chi connectivity index (χ0n) is 13.2. The molecule has 0 aliphatic rings. The molecular formula is C15H20BrIN4O2. The molecule has 0 bridgehead atoms. The molecule has 0 amide bonds. The minimum atomic E-state index is 0. The maximum atomic E-state index is 5.38. The van der Waals surface area contributed by atoms with Gasteiger partial charge in [0, 0.05) is 36.7 Å². The highest BCUT2D eigenvalue weighted by Crippen LogP contribution is 2.22. The minimum absolute atomic E-state index is 0. The molecule has 0 radical (unpaired) electrons. The first kappa shape index (κ1) is 19.8. The van der Waals surface area contributed by atoms with Crippen molar-refractivity contribution in [2.45, 2.75) is 13.1 Å². The van der Waals surface area contributed by atoms with Crippen LogP contribution in [0.4, 0.5) is 0 Å². The van der Waals surface area contributed by atoms with E-state index in [4.69, 9.17) is 9.26 Å². The average Bonchev–Trinajstić information content (AvgIpc) is 3.01. The topological polar surface area (TPSA) is 62.9 Å². The van der Waals surface area contributed by atoms with Crippen molar-refractivity contribution in [2.24, 2.45) is 4.99 Å². The summed E-state index contributed by atoms with van der Waals surface area (Å²) in [5, 5.41) is 7.22. The predicted octanol–water partition coefficient (Wildman–Crippen LogP) is 3.27. The third kappa shape index (κ3) is 5.69. The Morgan fingerprint density at radius 2 is 2.22 bits per heavy atom. The Labute approximate surface area is 161 Å². The molecule has 23 heavy (non-hydrogen) atoms. The molecule has 1 heterocycles. The number of halogens is 2. The second kappa shape index (κ2) is 9.76. The molecule has 0 aliphatic heterocycles. The van der Waals surface area contributed by atoms with Gasteiger partial charge in [0.1, 0.15) is 17.7 Å². The molecule has 6 nitrogen and oxygen atoms in total. The van der Waals surface area contributed by atoms with E-state index < -0.39 is 0 Å². The van der Waals surface area contributed by atoms with Crippen LogP contribution in [0, 0.1) is 0 Å². The Morgan fingerprint density at radius 3 is 2.83 bits per heavy atom. The summed E-state index contributed by atoms with van der Waals surface area (Å²) in [6, 6.07) is 7.74. The van der Waals surface area contributed by atoms with Gasteiger partial charge in [0.2, 0.25) is 0 Å². The first-order chi connectivity index (χ1) is 10.6. The fraction of sp³-hybridized carbons (Fsp3) is 0.333. The van der Waals surface area contributed by atoms with Gasteiger partial charge in [0.25, 0.3) is 0 Å². The maximum Gasteiger partial charge on any atom is 0.194 e. The number of aliphatic imine (C=N–C) groups is 1. The van der Waals surface area contributed by atoms with Gasteiger partial charge in [-0.05, 0) is 18.2 Å². The van der Waals surface area contributed by atoms with Crippen LogP contribution in [0.25, 0.3) is 0 Å². The van der Waals surface area contributed by atoms with E-state index in [-0.39, 0.29) is 24.0 Å². The van der Waals surface area contributed by atoms with E-state index in [1.54, 1.807) is 20.4 Å². The van der Waals surface area contributed by atoms with Gasteiger partial charge in [-0.1, -0.05) is 21.1 Å². The van der Waals surface area contributed by atoms with Crippen LogP contribution in [0.5, 0.6) is 5.75 Å². The molecule has 8 heteroatoms. The number of rotatable bonds is 5. The monoisotopic (exact) mass is 494 g/mol. The first-order valence-electron chi connectivity index (χ1n) is 6.77. The maximum absolute atomic E-state index is 5.38. The molecule has 0 spiro atoms. The number of ether oxygens (including phenoxy) is 1. The summed E-state index contributed by atoms with van der Waals surface area (Å²) in [5.41, 5.74) is 1.90. The number of guanidine groups is 1. The normalized spacial score (nSPS) is 10.9. The van der Waals surface area contributed by atoms with Crippen molar-refractivity contribution in [3.63, 3.8) is 0 Å². The van der Waals surface area contributed by atoms with Crippen molar-refractivity contribution < 1.29 is 9.26 Å². The second-order valence-electron chi connectivity index (χ2n) is 4.70. The SMILES string of the molecule is CN=C(NCc1cc(Br)ccc1OC)N(C)Cc1ccon1.I. The van der Waals surface area contributed by atoms with Crippen molar-refractivity contribution in [2.75, 3.05) is 21.2 Å². The Kier molecular flexibility index (Phi) is 8.38. The van der Waals surface area contributed by atoms with E-state index in [0.29, 0.717) is 13.1 Å². The summed E-state index contributed by atoms with van der Waals surface area (Å²) in [6.45, 7) is 1.23. The van der Waals surface area contributed by atoms with Gasteiger partial charge >= 0.3 is 0 Å². The van der Waals surface area contributed by atoms with E-state index in [0.717, 1.165) is 27.4 Å². The Hall–Kier alpha value is -1.29. The van der Waals surface area contributed by atoms with Gasteiger partial charge in [0.15, 0.2) is 5.96 Å². The van der Waals surface area contributed by atoms with Crippen molar-refractivity contribution in [3.05, 3.63) is 46.3 Å². The quantitative estimate of drug-likeness (QED) is 0.392. The first-order valence-corrected chi connectivity index (χ1v) is 7.56. The molecule has 0 unspecified atom stereocenters. The summed E-state index contributed by atoms with van der Waals surface area (Å²) in [5.74, 6) is 1.61. The molecule has 2 rings (SSSR count). The lowest BCUT2D eigenvalue weighted by Gasteiger charge is -2.21. The summed E-state index contributed by atoms with van der Waals surface area (Å²) >= 11 is 3.48. The molecule has 1 N–H and O–H groups in total. The predicted molar refractivity (Wildman–Crippen MR) is 104 cm³/mol. The van der Waals surface area contributed by atoms with Crippen LogP contribution in [0.15, 0.2) is 44.5 Å². The number of methoxy groups -OCH3 is 1. The highest BCUT2D eigenvalue weighted by molar-refractivity contribution is 14.0. The molecule has 2 aromatic rings. The smallest absolute Gasteiger partial charge is 0.194 e. The summed E-state index contributed by atoms with van der Waals surface area (Å²) in [6.07, 6.45) is 1.56. The lowest BCUT2D eigenvalue weighted by Crippen LogP contribution is -2.38. The number of hydrogen-bond donors (Lipinski definition) is 1. The molecule has 0 saturated carbocycles. The molecule has 0 saturated heterocycles. The average molecular weight is 495 g/mol. The fourth-order valence-corrected chi connectivity index (χ4v) is 2.49. The van der Waals surface area contributed by atoms with Crippen LogP contribution in [-0.4, -0.2) is 37.2 Å². The van der Waals surface area contributed by atoms with E-state index in [1.807, 2.05) is 36.2 Å². The zero-order valence-corrected chi connectivity index (χ0v) is 17.2. The van der Waals surface area contributed by atoms with E-state index in [9.17, 15) is 0 Å². The minimum Gasteiger partial charge on any atom is -0.496 e. The van der Waals surface area contributed by atoms with Gasteiger partial charge < -0.3 is 19.5 Å². The fourth-order valence-electron chi connectivity index (χ4n) is 2.08. The lowest BCUT2D eigenvalue weighted by atomic mass is 10.2. The Bertz CT molecular complexity index is 634. The Morgan fingerprint density at radius 1 is 1.43 bits per heavy atom. The van der Waals surface area contributed by atoms with Crippen LogP contribution in [0.1, 0.15) is 11.3 Å². The molecule has 0 fully saturated rings.